The van der Waals surface area contributed by atoms with Gasteiger partial charge < -0.3 is 15.6 Å². The summed E-state index contributed by atoms with van der Waals surface area (Å²) in [5.74, 6) is -1.78. The molecule has 0 saturated carbocycles. The first-order valence-corrected chi connectivity index (χ1v) is 5.90. The monoisotopic (exact) mass is 330 g/mol. The molecule has 0 aliphatic heterocycles. The number of carbonyl (C=O) groups excluding carboxylic acids is 3. The van der Waals surface area contributed by atoms with Gasteiger partial charge in [-0.05, 0) is 41.1 Å². The van der Waals surface area contributed by atoms with Gasteiger partial charge in [0.15, 0.2) is 6.10 Å². The van der Waals surface area contributed by atoms with E-state index >= 15 is 0 Å². The van der Waals surface area contributed by atoms with Gasteiger partial charge in [-0.3, -0.25) is 10.1 Å². The molecule has 0 spiro atoms. The highest BCUT2D eigenvalue weighted by Crippen LogP contribution is 2.24. The number of esters is 1. The van der Waals surface area contributed by atoms with E-state index in [-0.39, 0.29) is 11.3 Å². The van der Waals surface area contributed by atoms with E-state index in [1.54, 1.807) is 5.32 Å². The van der Waals surface area contributed by atoms with Crippen LogP contribution in [0.3, 0.4) is 0 Å². The lowest BCUT2D eigenvalue weighted by Crippen LogP contribution is -2.42. The van der Waals surface area contributed by atoms with Gasteiger partial charge in [0, 0.05) is 0 Å². The highest BCUT2D eigenvalue weighted by Gasteiger charge is 2.20. The Bertz CT molecular complexity index is 532. The van der Waals surface area contributed by atoms with Crippen LogP contribution in [-0.2, 0) is 9.53 Å². The Labute approximate surface area is 116 Å². The Kier molecular flexibility index (Phi) is 4.87. The fourth-order valence-corrected chi connectivity index (χ4v) is 1.39. The molecule has 0 aromatic heterocycles. The minimum atomic E-state index is -1.19. The van der Waals surface area contributed by atoms with Crippen LogP contribution in [0.5, 0.6) is 5.75 Å². The van der Waals surface area contributed by atoms with Crippen LogP contribution in [0.15, 0.2) is 22.7 Å². The molecule has 1 aromatic rings. The fourth-order valence-electron chi connectivity index (χ4n) is 1.14. The average molecular weight is 331 g/mol. The molecule has 0 saturated heterocycles. The van der Waals surface area contributed by atoms with Crippen LogP contribution in [-0.4, -0.2) is 29.1 Å². The van der Waals surface area contributed by atoms with Crippen LogP contribution in [0.2, 0.25) is 0 Å². The van der Waals surface area contributed by atoms with E-state index in [9.17, 15) is 19.5 Å². The third-order valence-electron chi connectivity index (χ3n) is 2.08. The molecule has 7 nitrogen and oxygen atoms in total. The van der Waals surface area contributed by atoms with Crippen molar-refractivity contribution in [2.24, 2.45) is 5.73 Å². The molecule has 0 fully saturated rings. The minimum Gasteiger partial charge on any atom is -0.507 e. The number of aromatic hydroxyl groups is 1. The summed E-state index contributed by atoms with van der Waals surface area (Å²) in [5, 5.41) is 11.2. The number of ether oxygens (including phenoxy) is 1. The lowest BCUT2D eigenvalue weighted by atomic mass is 10.2. The van der Waals surface area contributed by atoms with Crippen molar-refractivity contribution in [3.63, 3.8) is 0 Å². The second kappa shape index (κ2) is 6.19. The molecule has 1 rings (SSSR count). The second-order valence-electron chi connectivity index (χ2n) is 3.57. The van der Waals surface area contributed by atoms with Crippen molar-refractivity contribution in [1.29, 1.82) is 0 Å². The van der Waals surface area contributed by atoms with Crippen molar-refractivity contribution in [3.8, 4) is 5.75 Å². The lowest BCUT2D eigenvalue weighted by Gasteiger charge is -2.12. The molecule has 8 heteroatoms. The van der Waals surface area contributed by atoms with Gasteiger partial charge in [0.2, 0.25) is 0 Å². The van der Waals surface area contributed by atoms with Gasteiger partial charge in [0.25, 0.3) is 5.91 Å². The largest absolute Gasteiger partial charge is 0.507 e. The smallest absolute Gasteiger partial charge is 0.339 e. The molecular weight excluding hydrogens is 320 g/mol. The van der Waals surface area contributed by atoms with E-state index in [1.165, 1.54) is 25.1 Å². The number of phenolic OH excluding ortho intramolecular Hbond substituents is 1. The van der Waals surface area contributed by atoms with Gasteiger partial charge in [-0.15, -0.1) is 0 Å². The van der Waals surface area contributed by atoms with Gasteiger partial charge >= 0.3 is 12.0 Å². The van der Waals surface area contributed by atoms with Crippen molar-refractivity contribution in [2.75, 3.05) is 0 Å². The Morgan fingerprint density at radius 2 is 2.05 bits per heavy atom. The van der Waals surface area contributed by atoms with Crippen LogP contribution in [0.1, 0.15) is 17.3 Å². The summed E-state index contributed by atoms with van der Waals surface area (Å²) in [7, 11) is 0. The summed E-state index contributed by atoms with van der Waals surface area (Å²) >= 11 is 3.06. The molecule has 19 heavy (non-hydrogen) atoms. The van der Waals surface area contributed by atoms with Crippen molar-refractivity contribution >= 4 is 33.8 Å². The number of nitrogens with one attached hydrogen (secondary N) is 1. The predicted molar refractivity (Wildman–Crippen MR) is 68.4 cm³/mol. The number of hydrogen-bond acceptors (Lipinski definition) is 5. The van der Waals surface area contributed by atoms with Crippen molar-refractivity contribution in [1.82, 2.24) is 5.32 Å². The highest BCUT2D eigenvalue weighted by atomic mass is 79.9. The Hall–Kier alpha value is -2.09. The predicted octanol–water partition coefficient (Wildman–Crippen LogP) is 0.895. The number of phenols is 1. The van der Waals surface area contributed by atoms with Crippen molar-refractivity contribution in [3.05, 3.63) is 28.2 Å². The third-order valence-corrected chi connectivity index (χ3v) is 2.75. The molecule has 0 aliphatic carbocycles. The zero-order chi connectivity index (χ0) is 14.6. The number of benzene rings is 1. The molecule has 3 amide bonds. The summed E-state index contributed by atoms with van der Waals surface area (Å²) in [5.41, 5.74) is 4.83. The average Bonchev–Trinajstić information content (AvgIpc) is 2.31. The fraction of sp³-hybridized carbons (Fsp3) is 0.182. The zero-order valence-corrected chi connectivity index (χ0v) is 11.4. The molecule has 102 valence electrons. The molecule has 0 bridgehead atoms. The van der Waals surface area contributed by atoms with E-state index in [2.05, 4.69) is 15.9 Å². The van der Waals surface area contributed by atoms with Crippen LogP contribution < -0.4 is 11.1 Å². The summed E-state index contributed by atoms with van der Waals surface area (Å²) < 4.78 is 5.23. The Morgan fingerprint density at radius 3 is 2.58 bits per heavy atom. The summed E-state index contributed by atoms with van der Waals surface area (Å²) in [6.07, 6.45) is -1.19. The molecule has 0 heterocycles. The maximum absolute atomic E-state index is 11.7. The quantitative estimate of drug-likeness (QED) is 0.711. The number of urea groups is 1. The number of rotatable bonds is 3. The van der Waals surface area contributed by atoms with E-state index in [1.807, 2.05) is 0 Å². The normalized spacial score (nSPS) is 11.5. The minimum absolute atomic E-state index is 0.0689. The molecule has 1 atom stereocenters. The number of primary amides is 1. The highest BCUT2D eigenvalue weighted by molar-refractivity contribution is 9.10. The second-order valence-corrected chi connectivity index (χ2v) is 4.42. The first-order chi connectivity index (χ1) is 8.81. The Balaban J connectivity index is 2.71. The van der Waals surface area contributed by atoms with Crippen LogP contribution in [0.4, 0.5) is 4.79 Å². The van der Waals surface area contributed by atoms with E-state index < -0.39 is 24.0 Å². The van der Waals surface area contributed by atoms with Gasteiger partial charge in [-0.25, -0.2) is 9.59 Å². The van der Waals surface area contributed by atoms with Gasteiger partial charge in [-0.1, -0.05) is 0 Å². The SMILES string of the molecule is CC(OC(=O)c1ccc(Br)c(O)c1)C(=O)NC(N)=O. The first-order valence-electron chi connectivity index (χ1n) is 5.11. The molecule has 0 radical (unpaired) electrons. The number of imide groups is 1. The molecule has 1 aromatic carbocycles. The molecule has 4 N–H and O–H groups in total. The number of amides is 3. The molecule has 0 aliphatic rings. The lowest BCUT2D eigenvalue weighted by molar-refractivity contribution is -0.127. The number of halogens is 1. The summed E-state index contributed by atoms with van der Waals surface area (Å²) in [4.78, 5) is 33.4. The van der Waals surface area contributed by atoms with Crippen molar-refractivity contribution in [2.45, 2.75) is 13.0 Å². The molecule has 1 unspecified atom stereocenters. The summed E-state index contributed by atoms with van der Waals surface area (Å²) in [6.45, 7) is 1.29. The number of nitrogens with two attached hydrogens (primary N) is 1. The van der Waals surface area contributed by atoms with E-state index in [4.69, 9.17) is 10.5 Å². The van der Waals surface area contributed by atoms with E-state index in [0.717, 1.165) is 0 Å². The van der Waals surface area contributed by atoms with Crippen molar-refractivity contribution < 1.29 is 24.2 Å². The van der Waals surface area contributed by atoms with Gasteiger partial charge in [0.1, 0.15) is 5.75 Å². The summed E-state index contributed by atoms with van der Waals surface area (Å²) in [6, 6.07) is 3.02. The van der Waals surface area contributed by atoms with Gasteiger partial charge in [0.05, 0.1) is 10.0 Å². The first kappa shape index (κ1) is 15.0. The van der Waals surface area contributed by atoms with Gasteiger partial charge in [-0.2, -0.15) is 0 Å². The maximum Gasteiger partial charge on any atom is 0.339 e. The van der Waals surface area contributed by atoms with E-state index in [0.29, 0.717) is 4.47 Å². The third kappa shape index (κ3) is 4.25. The number of hydrogen-bond donors (Lipinski definition) is 3. The maximum atomic E-state index is 11.7. The molecular formula is C11H11BrN2O5. The Morgan fingerprint density at radius 1 is 1.42 bits per heavy atom. The topological polar surface area (TPSA) is 119 Å². The number of carbonyl (C=O) groups is 3. The zero-order valence-electron chi connectivity index (χ0n) is 9.84. The standard InChI is InChI=1S/C11H11BrN2O5/c1-5(9(16)14-11(13)18)19-10(17)6-2-3-7(12)8(15)4-6/h2-5,15H,1H3,(H3,13,14,16,18). The van der Waals surface area contributed by atoms with Crippen LogP contribution in [0.25, 0.3) is 0 Å². The van der Waals surface area contributed by atoms with Crippen LogP contribution in [0, 0.1) is 0 Å². The van der Waals surface area contributed by atoms with Crippen LogP contribution >= 0.6 is 15.9 Å².